The fourth-order valence-electron chi connectivity index (χ4n) is 5.68. The van der Waals surface area contributed by atoms with E-state index in [1.165, 1.54) is 12.1 Å². The van der Waals surface area contributed by atoms with E-state index in [1.807, 2.05) is 49.4 Å². The van der Waals surface area contributed by atoms with Crippen molar-refractivity contribution < 1.29 is 27.5 Å². The van der Waals surface area contributed by atoms with Gasteiger partial charge in [0.25, 0.3) is 0 Å². The minimum absolute atomic E-state index is 0.0443. The molecule has 2 heterocycles. The van der Waals surface area contributed by atoms with Gasteiger partial charge in [0.1, 0.15) is 18.1 Å². The van der Waals surface area contributed by atoms with E-state index in [0.29, 0.717) is 41.8 Å². The average molecular weight is 642 g/mol. The second-order valence-electron chi connectivity index (χ2n) is 11.2. The summed E-state index contributed by atoms with van der Waals surface area (Å²) in [5, 5.41) is 22.1. The van der Waals surface area contributed by atoms with Crippen LogP contribution in [0.3, 0.4) is 0 Å². The number of anilines is 2. The summed E-state index contributed by atoms with van der Waals surface area (Å²) in [5.74, 6) is 0.984. The van der Waals surface area contributed by atoms with E-state index in [2.05, 4.69) is 40.7 Å². The summed E-state index contributed by atoms with van der Waals surface area (Å²) < 4.78 is 49.1. The predicted octanol–water partition coefficient (Wildman–Crippen LogP) is 6.45. The van der Waals surface area contributed by atoms with E-state index in [1.54, 1.807) is 13.2 Å². The van der Waals surface area contributed by atoms with E-state index in [4.69, 9.17) is 21.2 Å². The van der Waals surface area contributed by atoms with Gasteiger partial charge in [-0.3, -0.25) is 0 Å². The number of hydrogen-bond donors (Lipinski definition) is 2. The molecule has 2 aliphatic rings. The second-order valence-corrected chi connectivity index (χ2v) is 11.6. The summed E-state index contributed by atoms with van der Waals surface area (Å²) in [4.78, 5) is 7.64. The van der Waals surface area contributed by atoms with Crippen LogP contribution in [0.4, 0.5) is 24.5 Å². The minimum atomic E-state index is -4.77. The lowest BCUT2D eigenvalue weighted by molar-refractivity contribution is -0.274. The highest BCUT2D eigenvalue weighted by Crippen LogP contribution is 2.57. The summed E-state index contributed by atoms with van der Waals surface area (Å²) in [6.45, 7) is 3.31. The third-order valence-corrected chi connectivity index (χ3v) is 8.31. The van der Waals surface area contributed by atoms with Gasteiger partial charge in [0.05, 0.1) is 18.9 Å². The number of H-pyrrole nitrogens is 1. The van der Waals surface area contributed by atoms with Gasteiger partial charge in [-0.25, -0.2) is 5.10 Å². The zero-order valence-corrected chi connectivity index (χ0v) is 25.3. The van der Waals surface area contributed by atoms with Crippen LogP contribution >= 0.6 is 11.6 Å². The van der Waals surface area contributed by atoms with Crippen LogP contribution in [0, 0.1) is 0 Å². The molecule has 0 bridgehead atoms. The topological polar surface area (TPSA) is 110 Å². The van der Waals surface area contributed by atoms with Gasteiger partial charge in [-0.05, 0) is 71.7 Å². The van der Waals surface area contributed by atoms with Gasteiger partial charge in [0, 0.05) is 59.0 Å². The van der Waals surface area contributed by atoms with Gasteiger partial charge in [-0.1, -0.05) is 35.0 Å². The van der Waals surface area contributed by atoms with Crippen molar-refractivity contribution in [1.82, 2.24) is 20.6 Å². The van der Waals surface area contributed by atoms with Crippen LogP contribution in [0.1, 0.15) is 48.3 Å². The highest BCUT2D eigenvalue weighted by atomic mass is 35.5. The molecular formula is C31H31ClF3N7O3. The van der Waals surface area contributed by atoms with Crippen LogP contribution in [0.15, 0.2) is 65.8 Å². The summed E-state index contributed by atoms with van der Waals surface area (Å²) in [5.41, 5.74) is 4.91. The Balaban J connectivity index is 1.26. The van der Waals surface area contributed by atoms with Crippen molar-refractivity contribution in [3.05, 3.63) is 88.2 Å². The molecule has 10 nitrogen and oxygen atoms in total. The van der Waals surface area contributed by atoms with E-state index in [9.17, 15) is 13.2 Å². The van der Waals surface area contributed by atoms with Crippen molar-refractivity contribution in [1.29, 1.82) is 0 Å². The Hall–Kier alpha value is -4.52. The van der Waals surface area contributed by atoms with E-state index >= 15 is 0 Å². The highest BCUT2D eigenvalue weighted by Gasteiger charge is 2.52. The Morgan fingerprint density at radius 1 is 1.11 bits per heavy atom. The molecular weight excluding hydrogens is 611 g/mol. The number of oxime groups is 1. The number of alkyl halides is 3. The molecule has 236 valence electrons. The number of fused-ring (bicyclic) bond motifs is 2. The van der Waals surface area contributed by atoms with Gasteiger partial charge in [-0.15, -0.1) is 18.3 Å². The van der Waals surface area contributed by atoms with Crippen LogP contribution < -0.4 is 19.7 Å². The molecule has 2 N–H and O–H groups in total. The van der Waals surface area contributed by atoms with Crippen LogP contribution in [-0.2, 0) is 16.7 Å². The molecule has 1 spiro atoms. The largest absolute Gasteiger partial charge is 0.573 e. The molecule has 1 aliphatic heterocycles. The van der Waals surface area contributed by atoms with Crippen LogP contribution in [0.25, 0.3) is 0 Å². The summed E-state index contributed by atoms with van der Waals surface area (Å²) in [6.07, 6.45) is -2.32. The number of hydrogen-bond acceptors (Lipinski definition) is 9. The van der Waals surface area contributed by atoms with Crippen LogP contribution in [0.5, 0.6) is 11.5 Å². The Labute approximate surface area is 262 Å². The Morgan fingerprint density at radius 2 is 1.91 bits per heavy atom. The average Bonchev–Trinajstić information content (AvgIpc) is 3.47. The minimum Gasteiger partial charge on any atom is -0.497 e. The number of methoxy groups -OCH3 is 1. The molecule has 0 radical (unpaired) electrons. The molecule has 1 aromatic heterocycles. The molecule has 1 atom stereocenters. The van der Waals surface area contributed by atoms with Crippen LogP contribution in [0.2, 0.25) is 5.02 Å². The van der Waals surface area contributed by atoms with Crippen LogP contribution in [-0.4, -0.2) is 59.5 Å². The monoisotopic (exact) mass is 641 g/mol. The molecule has 1 unspecified atom stereocenters. The first-order chi connectivity index (χ1) is 21.6. The second kappa shape index (κ2) is 12.5. The number of nitrogens with zero attached hydrogens (tertiary/aromatic N) is 5. The zero-order valence-electron chi connectivity index (χ0n) is 24.6. The Morgan fingerprint density at radius 3 is 2.60 bits per heavy atom. The third kappa shape index (κ3) is 7.25. The van der Waals surface area contributed by atoms with Crippen molar-refractivity contribution in [3.63, 3.8) is 0 Å². The van der Waals surface area contributed by atoms with E-state index in [0.717, 1.165) is 40.9 Å². The number of tetrazole rings is 1. The standard InChI is InChI=1S/C31H31ClF3N7O3/c1-19(39-44-12-9-29-37-40-41-38-29)21-13-23(15-25(14-21)43-2)36-27(20-3-5-22(32)6-4-20)17-42-18-30(10-11-30)26-8-7-24(16-28(26)42)45-31(33,34)35/h3-8,13-16,27,36H,9-12,17-18H2,1-2H3,(H,37,38,40,41). The fourth-order valence-corrected chi connectivity index (χ4v) is 5.80. The molecule has 4 aromatic rings. The Kier molecular flexibility index (Phi) is 8.45. The molecule has 0 amide bonds. The number of nitrogens with one attached hydrogen (secondary N) is 2. The lowest BCUT2D eigenvalue weighted by Gasteiger charge is -2.29. The summed E-state index contributed by atoms with van der Waals surface area (Å²) in [6, 6.07) is 17.6. The SMILES string of the molecule is COc1cc(NC(CN2CC3(CC3)c3ccc(OC(F)(F)F)cc32)c2ccc(Cl)cc2)cc(C(C)=NOCCc2nnn[nH]2)c1. The van der Waals surface area contributed by atoms with Crippen molar-refractivity contribution in [2.24, 2.45) is 5.16 Å². The lowest BCUT2D eigenvalue weighted by atomic mass is 9.99. The van der Waals surface area contributed by atoms with Crippen molar-refractivity contribution in [2.75, 3.05) is 37.0 Å². The van der Waals surface area contributed by atoms with Gasteiger partial charge in [0.15, 0.2) is 5.82 Å². The smallest absolute Gasteiger partial charge is 0.497 e. The molecule has 6 rings (SSSR count). The van der Waals surface area contributed by atoms with Crippen molar-refractivity contribution >= 4 is 28.7 Å². The van der Waals surface area contributed by atoms with Gasteiger partial charge in [0.2, 0.25) is 0 Å². The summed E-state index contributed by atoms with van der Waals surface area (Å²) >= 11 is 6.22. The predicted molar refractivity (Wildman–Crippen MR) is 163 cm³/mol. The molecule has 14 heteroatoms. The highest BCUT2D eigenvalue weighted by molar-refractivity contribution is 6.30. The number of aromatic amines is 1. The zero-order chi connectivity index (χ0) is 31.6. The molecule has 3 aromatic carbocycles. The number of aromatic nitrogens is 4. The van der Waals surface area contributed by atoms with E-state index in [-0.39, 0.29) is 23.8 Å². The maximum atomic E-state index is 13.1. The summed E-state index contributed by atoms with van der Waals surface area (Å²) in [7, 11) is 1.59. The number of ether oxygens (including phenoxy) is 2. The number of rotatable bonds is 12. The fraction of sp³-hybridized carbons (Fsp3) is 0.355. The van der Waals surface area contributed by atoms with Gasteiger partial charge >= 0.3 is 6.36 Å². The molecule has 1 fully saturated rings. The molecule has 1 saturated carbocycles. The maximum absolute atomic E-state index is 13.1. The molecule has 45 heavy (non-hydrogen) atoms. The van der Waals surface area contributed by atoms with Gasteiger partial charge in [-0.2, -0.15) is 0 Å². The first kappa shape index (κ1) is 30.5. The van der Waals surface area contributed by atoms with Crippen molar-refractivity contribution in [3.8, 4) is 11.5 Å². The first-order valence-electron chi connectivity index (χ1n) is 14.4. The lowest BCUT2D eigenvalue weighted by Crippen LogP contribution is -2.32. The van der Waals surface area contributed by atoms with E-state index < -0.39 is 6.36 Å². The molecule has 0 saturated heterocycles. The van der Waals surface area contributed by atoms with Crippen molar-refractivity contribution in [2.45, 2.75) is 44.0 Å². The first-order valence-corrected chi connectivity index (χ1v) is 14.7. The normalized spacial score (nSPS) is 16.0. The van der Waals surface area contributed by atoms with Gasteiger partial charge < -0.3 is 24.5 Å². The number of benzene rings is 3. The molecule has 1 aliphatic carbocycles. The maximum Gasteiger partial charge on any atom is 0.573 e. The Bertz CT molecular complexity index is 1660. The third-order valence-electron chi connectivity index (χ3n) is 8.06. The number of halogens is 4. The quantitative estimate of drug-likeness (QED) is 0.103.